The van der Waals surface area contributed by atoms with Gasteiger partial charge in [-0.05, 0) is 54.1 Å². The van der Waals surface area contributed by atoms with Crippen molar-refractivity contribution in [3.05, 3.63) is 87.9 Å². The Kier molecular flexibility index (Phi) is 8.52. The first kappa shape index (κ1) is 24.6. The summed E-state index contributed by atoms with van der Waals surface area (Å²) in [6.45, 7) is -0.279. The summed E-state index contributed by atoms with van der Waals surface area (Å²) in [5.74, 6) is -0.184. The highest BCUT2D eigenvalue weighted by Crippen LogP contribution is 2.27. The van der Waals surface area contributed by atoms with Gasteiger partial charge in [0.2, 0.25) is 0 Å². The fraction of sp³-hybridized carbons (Fsp3) is 0.0800. The first-order chi connectivity index (χ1) is 16.4. The number of ether oxygens (including phenoxy) is 2. The summed E-state index contributed by atoms with van der Waals surface area (Å²) in [5.41, 5.74) is 1.37. The Morgan fingerprint density at radius 2 is 1.79 bits per heavy atom. The average Bonchev–Trinajstić information content (AvgIpc) is 2.82. The molecule has 7 nitrogen and oxygen atoms in total. The molecule has 0 aliphatic heterocycles. The molecule has 0 bridgehead atoms. The van der Waals surface area contributed by atoms with Crippen molar-refractivity contribution >= 4 is 52.5 Å². The zero-order valence-electron chi connectivity index (χ0n) is 18.0. The van der Waals surface area contributed by atoms with Crippen molar-refractivity contribution in [2.45, 2.75) is 0 Å². The first-order valence-corrected chi connectivity index (χ1v) is 10.7. The van der Waals surface area contributed by atoms with Gasteiger partial charge in [0.1, 0.15) is 23.1 Å². The molecular formula is C25H19Cl2N3O4. The number of nitrogens with one attached hydrogen (secondary N) is 2. The number of nitriles is 1. The Morgan fingerprint density at radius 1 is 1.00 bits per heavy atom. The van der Waals surface area contributed by atoms with E-state index in [-0.39, 0.29) is 23.0 Å². The van der Waals surface area contributed by atoms with Crippen LogP contribution < -0.4 is 20.1 Å². The maximum absolute atomic E-state index is 12.4. The Bertz CT molecular complexity index is 1290. The third-order valence-corrected chi connectivity index (χ3v) is 4.98. The number of para-hydroxylation sites is 2. The van der Waals surface area contributed by atoms with Gasteiger partial charge in [0, 0.05) is 10.7 Å². The summed E-state index contributed by atoms with van der Waals surface area (Å²) in [6.07, 6.45) is 1.39. The molecular weight excluding hydrogens is 477 g/mol. The lowest BCUT2D eigenvalue weighted by atomic mass is 10.1. The third kappa shape index (κ3) is 6.75. The minimum atomic E-state index is -0.589. The Labute approximate surface area is 206 Å². The van der Waals surface area contributed by atoms with E-state index in [0.29, 0.717) is 27.7 Å². The van der Waals surface area contributed by atoms with E-state index in [1.807, 2.05) is 6.07 Å². The Morgan fingerprint density at radius 3 is 2.50 bits per heavy atom. The summed E-state index contributed by atoms with van der Waals surface area (Å²) >= 11 is 12.2. The lowest BCUT2D eigenvalue weighted by Crippen LogP contribution is -2.20. The van der Waals surface area contributed by atoms with Crippen LogP contribution in [0.5, 0.6) is 11.5 Å². The van der Waals surface area contributed by atoms with Gasteiger partial charge in [-0.1, -0.05) is 47.5 Å². The molecule has 0 saturated heterocycles. The minimum absolute atomic E-state index is 0.124. The molecule has 0 atom stereocenters. The number of nitrogens with zero attached hydrogens (tertiary/aromatic N) is 1. The maximum atomic E-state index is 12.4. The lowest BCUT2D eigenvalue weighted by molar-refractivity contribution is -0.118. The van der Waals surface area contributed by atoms with Crippen LogP contribution in [0.3, 0.4) is 0 Å². The fourth-order valence-corrected chi connectivity index (χ4v) is 3.32. The molecule has 0 aliphatic rings. The van der Waals surface area contributed by atoms with Crippen molar-refractivity contribution in [1.82, 2.24) is 0 Å². The van der Waals surface area contributed by atoms with Crippen molar-refractivity contribution in [3.8, 4) is 17.6 Å². The Hall–Kier alpha value is -3.99. The van der Waals surface area contributed by atoms with Gasteiger partial charge in [-0.2, -0.15) is 5.26 Å². The molecule has 3 aromatic carbocycles. The van der Waals surface area contributed by atoms with Crippen LogP contribution in [-0.4, -0.2) is 25.5 Å². The van der Waals surface area contributed by atoms with E-state index in [9.17, 15) is 14.9 Å². The van der Waals surface area contributed by atoms with Crippen molar-refractivity contribution < 1.29 is 19.1 Å². The molecule has 0 heterocycles. The normalized spacial score (nSPS) is 10.7. The van der Waals surface area contributed by atoms with E-state index in [1.165, 1.54) is 19.3 Å². The van der Waals surface area contributed by atoms with Crippen LogP contribution in [0.25, 0.3) is 6.08 Å². The number of amides is 2. The van der Waals surface area contributed by atoms with Crippen LogP contribution in [0.1, 0.15) is 5.56 Å². The zero-order valence-corrected chi connectivity index (χ0v) is 19.5. The van der Waals surface area contributed by atoms with E-state index in [2.05, 4.69) is 10.6 Å². The van der Waals surface area contributed by atoms with Gasteiger partial charge in [0.25, 0.3) is 11.8 Å². The summed E-state index contributed by atoms with van der Waals surface area (Å²) in [6, 6.07) is 20.1. The van der Waals surface area contributed by atoms with Crippen LogP contribution in [0.2, 0.25) is 10.0 Å². The predicted molar refractivity (Wildman–Crippen MR) is 132 cm³/mol. The molecule has 0 radical (unpaired) electrons. The molecule has 0 spiro atoms. The summed E-state index contributed by atoms with van der Waals surface area (Å²) < 4.78 is 10.7. The largest absolute Gasteiger partial charge is 0.495 e. The van der Waals surface area contributed by atoms with Crippen molar-refractivity contribution in [1.29, 1.82) is 5.26 Å². The van der Waals surface area contributed by atoms with E-state index in [0.717, 1.165) is 0 Å². The zero-order chi connectivity index (χ0) is 24.5. The van der Waals surface area contributed by atoms with Gasteiger partial charge in [-0.25, -0.2) is 0 Å². The van der Waals surface area contributed by atoms with Crippen LogP contribution in [0, 0.1) is 11.3 Å². The summed E-state index contributed by atoms with van der Waals surface area (Å²) in [4.78, 5) is 24.7. The molecule has 0 aromatic heterocycles. The van der Waals surface area contributed by atoms with E-state index in [4.69, 9.17) is 32.7 Å². The molecule has 0 fully saturated rings. The first-order valence-electron chi connectivity index (χ1n) is 9.93. The van der Waals surface area contributed by atoms with Crippen LogP contribution in [-0.2, 0) is 9.59 Å². The number of carbonyl (C=O) groups is 2. The summed E-state index contributed by atoms with van der Waals surface area (Å²) in [7, 11) is 1.51. The summed E-state index contributed by atoms with van der Waals surface area (Å²) in [5, 5.41) is 15.4. The number of benzene rings is 3. The smallest absolute Gasteiger partial charge is 0.266 e. The second-order valence-electron chi connectivity index (χ2n) is 6.86. The fourth-order valence-electron chi connectivity index (χ4n) is 2.88. The second-order valence-corrected chi connectivity index (χ2v) is 7.70. The number of hydrogen-bond donors (Lipinski definition) is 2. The molecule has 2 N–H and O–H groups in total. The quantitative estimate of drug-likeness (QED) is 0.314. The molecule has 2 amide bonds. The van der Waals surface area contributed by atoms with Crippen LogP contribution in [0.15, 0.2) is 72.3 Å². The monoisotopic (exact) mass is 495 g/mol. The second kappa shape index (κ2) is 11.8. The molecule has 9 heteroatoms. The number of halogens is 2. The minimum Gasteiger partial charge on any atom is -0.495 e. The average molecular weight is 496 g/mol. The lowest BCUT2D eigenvalue weighted by Gasteiger charge is -2.11. The number of rotatable bonds is 8. The predicted octanol–water partition coefficient (Wildman–Crippen LogP) is 5.57. The highest BCUT2D eigenvalue weighted by molar-refractivity contribution is 6.32. The Balaban J connectivity index is 1.64. The SMILES string of the molecule is COc1ccccc1NC(=O)COc1ccc(/C=C(/C#N)C(=O)Nc2cccc(Cl)c2)cc1Cl. The van der Waals surface area contributed by atoms with Gasteiger partial charge in [-0.15, -0.1) is 0 Å². The molecule has 34 heavy (non-hydrogen) atoms. The molecule has 3 aromatic rings. The number of methoxy groups -OCH3 is 1. The third-order valence-electron chi connectivity index (χ3n) is 4.45. The highest BCUT2D eigenvalue weighted by Gasteiger charge is 2.12. The van der Waals surface area contributed by atoms with Gasteiger partial charge in [0.15, 0.2) is 6.61 Å². The van der Waals surface area contributed by atoms with Gasteiger partial charge in [-0.3, -0.25) is 9.59 Å². The van der Waals surface area contributed by atoms with Gasteiger partial charge >= 0.3 is 0 Å². The van der Waals surface area contributed by atoms with Crippen molar-refractivity contribution in [2.24, 2.45) is 0 Å². The van der Waals surface area contributed by atoms with E-state index in [1.54, 1.807) is 60.7 Å². The van der Waals surface area contributed by atoms with Crippen LogP contribution >= 0.6 is 23.2 Å². The number of hydrogen-bond acceptors (Lipinski definition) is 5. The van der Waals surface area contributed by atoms with E-state index < -0.39 is 11.8 Å². The molecule has 0 saturated carbocycles. The molecule has 172 valence electrons. The van der Waals surface area contributed by atoms with Crippen molar-refractivity contribution in [3.63, 3.8) is 0 Å². The van der Waals surface area contributed by atoms with Gasteiger partial charge in [0.05, 0.1) is 17.8 Å². The number of anilines is 2. The van der Waals surface area contributed by atoms with E-state index >= 15 is 0 Å². The topological polar surface area (TPSA) is 100 Å². The molecule has 0 unspecified atom stereocenters. The molecule has 0 aliphatic carbocycles. The standard InChI is InChI=1S/C25H19Cl2N3O4/c1-33-23-8-3-2-7-21(23)30-24(31)15-34-22-10-9-16(12-20(22)27)11-17(14-28)25(32)29-19-6-4-5-18(26)13-19/h2-13H,15H2,1H3,(H,29,32)(H,30,31)/b17-11-. The van der Waals surface area contributed by atoms with Gasteiger partial charge < -0.3 is 20.1 Å². The van der Waals surface area contributed by atoms with Crippen molar-refractivity contribution in [2.75, 3.05) is 24.4 Å². The van der Waals surface area contributed by atoms with Crippen LogP contribution in [0.4, 0.5) is 11.4 Å². The highest BCUT2D eigenvalue weighted by atomic mass is 35.5. The molecule has 3 rings (SSSR count). The maximum Gasteiger partial charge on any atom is 0.266 e. The number of carbonyl (C=O) groups excluding carboxylic acids is 2.